The summed E-state index contributed by atoms with van der Waals surface area (Å²) in [6.07, 6.45) is 3.35. The first-order valence-electron chi connectivity index (χ1n) is 4.45. The quantitative estimate of drug-likeness (QED) is 0.536. The average molecular weight is 202 g/mol. The Balaban J connectivity index is 2.48. The summed E-state index contributed by atoms with van der Waals surface area (Å²) in [5.74, 6) is 0.0700. The number of thiophene rings is 1. The topological polar surface area (TPSA) is 17.1 Å². The number of fused-ring (bicyclic) bond motifs is 1. The SMILES string of the molecule is CC=CC(=O)c1ccc2sccc2c1. The molecule has 0 aliphatic carbocycles. The van der Waals surface area contributed by atoms with Gasteiger partial charge in [-0.05, 0) is 48.0 Å². The number of benzene rings is 1. The Morgan fingerprint density at radius 1 is 1.36 bits per heavy atom. The fourth-order valence-electron chi connectivity index (χ4n) is 1.37. The first-order chi connectivity index (χ1) is 6.81. The molecule has 0 spiro atoms. The van der Waals surface area contributed by atoms with E-state index < -0.39 is 0 Å². The molecular formula is C12H10OS. The van der Waals surface area contributed by atoms with E-state index in [1.807, 2.05) is 36.6 Å². The molecule has 1 nitrogen and oxygen atoms in total. The van der Waals surface area contributed by atoms with Crippen molar-refractivity contribution in [2.45, 2.75) is 6.92 Å². The van der Waals surface area contributed by atoms with E-state index in [4.69, 9.17) is 0 Å². The lowest BCUT2D eigenvalue weighted by Gasteiger charge is -1.95. The van der Waals surface area contributed by atoms with Crippen molar-refractivity contribution in [3.05, 3.63) is 47.4 Å². The molecule has 1 aromatic heterocycles. The Hall–Kier alpha value is -1.41. The van der Waals surface area contributed by atoms with Gasteiger partial charge in [0, 0.05) is 10.3 Å². The monoisotopic (exact) mass is 202 g/mol. The summed E-state index contributed by atoms with van der Waals surface area (Å²) < 4.78 is 1.22. The number of carbonyl (C=O) groups excluding carboxylic acids is 1. The minimum atomic E-state index is 0.0700. The Morgan fingerprint density at radius 2 is 2.21 bits per heavy atom. The zero-order valence-electron chi connectivity index (χ0n) is 7.86. The van der Waals surface area contributed by atoms with Crippen molar-refractivity contribution in [1.82, 2.24) is 0 Å². The van der Waals surface area contributed by atoms with Gasteiger partial charge in [-0.25, -0.2) is 0 Å². The van der Waals surface area contributed by atoms with Crippen LogP contribution < -0.4 is 0 Å². The maximum atomic E-state index is 11.5. The summed E-state index contributed by atoms with van der Waals surface area (Å²) in [5, 5.41) is 3.18. The third-order valence-electron chi connectivity index (χ3n) is 2.05. The van der Waals surface area contributed by atoms with E-state index in [-0.39, 0.29) is 5.78 Å². The predicted molar refractivity (Wildman–Crippen MR) is 61.0 cm³/mol. The molecule has 0 aliphatic rings. The van der Waals surface area contributed by atoms with E-state index in [0.717, 1.165) is 10.9 Å². The van der Waals surface area contributed by atoms with Crippen LogP contribution in [0.25, 0.3) is 10.1 Å². The van der Waals surface area contributed by atoms with Crippen molar-refractivity contribution in [3.8, 4) is 0 Å². The number of hydrogen-bond acceptors (Lipinski definition) is 2. The van der Waals surface area contributed by atoms with Gasteiger partial charge in [0.25, 0.3) is 0 Å². The lowest BCUT2D eigenvalue weighted by molar-refractivity contribution is 0.104. The second kappa shape index (κ2) is 3.76. The molecule has 0 fully saturated rings. The van der Waals surface area contributed by atoms with Crippen molar-refractivity contribution in [3.63, 3.8) is 0 Å². The largest absolute Gasteiger partial charge is 0.289 e. The number of hydrogen-bond donors (Lipinski definition) is 0. The van der Waals surface area contributed by atoms with Gasteiger partial charge in [0.05, 0.1) is 0 Å². The number of ketones is 1. The van der Waals surface area contributed by atoms with E-state index in [2.05, 4.69) is 0 Å². The van der Waals surface area contributed by atoms with Crippen LogP contribution in [-0.4, -0.2) is 5.78 Å². The van der Waals surface area contributed by atoms with Gasteiger partial charge in [0.2, 0.25) is 0 Å². The molecular weight excluding hydrogens is 192 g/mol. The van der Waals surface area contributed by atoms with Gasteiger partial charge in [-0.1, -0.05) is 6.08 Å². The average Bonchev–Trinajstić information content (AvgIpc) is 2.64. The minimum Gasteiger partial charge on any atom is -0.289 e. The van der Waals surface area contributed by atoms with Crippen molar-refractivity contribution < 1.29 is 4.79 Å². The van der Waals surface area contributed by atoms with Crippen LogP contribution in [0.1, 0.15) is 17.3 Å². The second-order valence-corrected chi connectivity index (χ2v) is 3.99. The maximum absolute atomic E-state index is 11.5. The highest BCUT2D eigenvalue weighted by Crippen LogP contribution is 2.21. The highest BCUT2D eigenvalue weighted by molar-refractivity contribution is 7.17. The van der Waals surface area contributed by atoms with Gasteiger partial charge < -0.3 is 0 Å². The summed E-state index contributed by atoms with van der Waals surface area (Å²) >= 11 is 1.69. The fraction of sp³-hybridized carbons (Fsp3) is 0.0833. The zero-order chi connectivity index (χ0) is 9.97. The molecule has 2 aromatic rings. The molecule has 0 N–H and O–H groups in total. The van der Waals surface area contributed by atoms with E-state index in [0.29, 0.717) is 0 Å². The smallest absolute Gasteiger partial charge is 0.185 e. The molecule has 0 atom stereocenters. The van der Waals surface area contributed by atoms with Gasteiger partial charge >= 0.3 is 0 Å². The molecule has 70 valence electrons. The van der Waals surface area contributed by atoms with Crippen molar-refractivity contribution in [2.24, 2.45) is 0 Å². The molecule has 0 bridgehead atoms. The third-order valence-corrected chi connectivity index (χ3v) is 2.95. The molecule has 0 saturated heterocycles. The summed E-state index contributed by atoms with van der Waals surface area (Å²) in [5.41, 5.74) is 0.758. The maximum Gasteiger partial charge on any atom is 0.185 e. The number of carbonyl (C=O) groups is 1. The van der Waals surface area contributed by atoms with Gasteiger partial charge in [0.1, 0.15) is 0 Å². The van der Waals surface area contributed by atoms with Crippen LogP contribution in [0.2, 0.25) is 0 Å². The predicted octanol–water partition coefficient (Wildman–Crippen LogP) is 3.66. The Bertz CT molecular complexity index is 494. The van der Waals surface area contributed by atoms with Gasteiger partial charge in [-0.15, -0.1) is 11.3 Å². The Morgan fingerprint density at radius 3 is 3.00 bits per heavy atom. The number of allylic oxidation sites excluding steroid dienone is 2. The summed E-state index contributed by atoms with van der Waals surface area (Å²) in [6.45, 7) is 1.85. The van der Waals surface area contributed by atoms with Gasteiger partial charge in [-0.2, -0.15) is 0 Å². The normalized spacial score (nSPS) is 11.2. The molecule has 0 unspecified atom stereocenters. The van der Waals surface area contributed by atoms with Crippen molar-refractivity contribution in [2.75, 3.05) is 0 Å². The lowest BCUT2D eigenvalue weighted by Crippen LogP contribution is -1.92. The molecule has 0 amide bonds. The minimum absolute atomic E-state index is 0.0700. The zero-order valence-corrected chi connectivity index (χ0v) is 8.67. The molecule has 1 aromatic carbocycles. The first kappa shape index (κ1) is 9.16. The van der Waals surface area contributed by atoms with Crippen LogP contribution >= 0.6 is 11.3 Å². The van der Waals surface area contributed by atoms with E-state index in [1.54, 1.807) is 23.5 Å². The van der Waals surface area contributed by atoms with E-state index >= 15 is 0 Å². The summed E-state index contributed by atoms with van der Waals surface area (Å²) in [4.78, 5) is 11.5. The summed E-state index contributed by atoms with van der Waals surface area (Å²) in [6, 6.07) is 7.85. The van der Waals surface area contributed by atoms with Crippen LogP contribution in [0.3, 0.4) is 0 Å². The Labute approximate surface area is 86.7 Å². The molecule has 14 heavy (non-hydrogen) atoms. The van der Waals surface area contributed by atoms with E-state index in [1.165, 1.54) is 4.70 Å². The van der Waals surface area contributed by atoms with Gasteiger partial charge in [0.15, 0.2) is 5.78 Å². The highest BCUT2D eigenvalue weighted by Gasteiger charge is 2.02. The van der Waals surface area contributed by atoms with Crippen LogP contribution in [0.15, 0.2) is 41.8 Å². The molecule has 2 rings (SSSR count). The lowest BCUT2D eigenvalue weighted by atomic mass is 10.1. The van der Waals surface area contributed by atoms with Crippen LogP contribution in [0.4, 0.5) is 0 Å². The summed E-state index contributed by atoms with van der Waals surface area (Å²) in [7, 11) is 0. The Kier molecular flexibility index (Phi) is 2.46. The number of rotatable bonds is 2. The molecule has 0 aliphatic heterocycles. The molecule has 1 heterocycles. The molecule has 0 saturated carbocycles. The van der Waals surface area contributed by atoms with Crippen molar-refractivity contribution in [1.29, 1.82) is 0 Å². The molecule has 2 heteroatoms. The molecule has 0 radical (unpaired) electrons. The van der Waals surface area contributed by atoms with Crippen molar-refractivity contribution >= 4 is 27.2 Å². The highest BCUT2D eigenvalue weighted by atomic mass is 32.1. The second-order valence-electron chi connectivity index (χ2n) is 3.04. The third kappa shape index (κ3) is 1.61. The fourth-order valence-corrected chi connectivity index (χ4v) is 2.14. The van der Waals surface area contributed by atoms with Gasteiger partial charge in [-0.3, -0.25) is 4.79 Å². The van der Waals surface area contributed by atoms with Crippen LogP contribution in [-0.2, 0) is 0 Å². The standard InChI is InChI=1S/C12H10OS/c1-2-3-11(13)9-4-5-12-10(8-9)6-7-14-12/h2-8H,1H3. The van der Waals surface area contributed by atoms with Crippen LogP contribution in [0.5, 0.6) is 0 Å². The van der Waals surface area contributed by atoms with Crippen LogP contribution in [0, 0.1) is 0 Å². The first-order valence-corrected chi connectivity index (χ1v) is 5.33. The van der Waals surface area contributed by atoms with E-state index in [9.17, 15) is 4.79 Å².